The minimum Gasteiger partial charge on any atom is -0.508 e. The van der Waals surface area contributed by atoms with Crippen LogP contribution in [0.15, 0.2) is 70.8 Å². The summed E-state index contributed by atoms with van der Waals surface area (Å²) in [4.78, 5) is 55.8. The first-order valence-corrected chi connectivity index (χ1v) is 13.3. The number of halogens is 1. The number of anilines is 1. The zero-order chi connectivity index (χ0) is 28.5. The maximum absolute atomic E-state index is 14.0. The highest BCUT2D eigenvalue weighted by atomic mass is 35.5. The largest absolute Gasteiger partial charge is 0.508 e. The summed E-state index contributed by atoms with van der Waals surface area (Å²) in [7, 11) is 2.89. The number of fused-ring (bicyclic) bond motifs is 3. The summed E-state index contributed by atoms with van der Waals surface area (Å²) in [5, 5.41) is 10.8. The van der Waals surface area contributed by atoms with Crippen molar-refractivity contribution >= 4 is 40.7 Å². The third kappa shape index (κ3) is 3.73. The summed E-state index contributed by atoms with van der Waals surface area (Å²) in [6, 6.07) is 9.38. The molecule has 3 aliphatic carbocycles. The molecule has 1 aliphatic heterocycles. The molecule has 2 amide bonds. The van der Waals surface area contributed by atoms with Gasteiger partial charge in [0.05, 0.1) is 31.7 Å². The van der Waals surface area contributed by atoms with Gasteiger partial charge in [0, 0.05) is 45.4 Å². The van der Waals surface area contributed by atoms with Crippen molar-refractivity contribution in [3.8, 4) is 17.2 Å². The van der Waals surface area contributed by atoms with Crippen molar-refractivity contribution in [3.05, 3.63) is 81.4 Å². The van der Waals surface area contributed by atoms with Gasteiger partial charge in [0.15, 0.2) is 11.6 Å². The van der Waals surface area contributed by atoms with Crippen molar-refractivity contribution < 1.29 is 33.8 Å². The number of carbonyl (C=O) groups excluding carboxylic acids is 4. The standard InChI is InChI=1S/C31H26ClNO7/c1-14-10-22(35)26-21(29(14)36)13-20-18(27(26)28-23(39-2)11-17(34)12-24(28)40-3)8-9-19-25(20)31(38)33(30(19)37)16-6-4-15(32)5-7-16/h4-8,10-12,19-20,25,27,34H,9,13H2,1-3H3/t19-,20+,25-,27-/m0/s1. The molecule has 1 N–H and O–H groups in total. The Morgan fingerprint density at radius 1 is 0.950 bits per heavy atom. The molecule has 1 heterocycles. The second kappa shape index (κ2) is 9.48. The number of amides is 2. The topological polar surface area (TPSA) is 110 Å². The first-order valence-electron chi connectivity index (χ1n) is 12.9. The lowest BCUT2D eigenvalue weighted by Gasteiger charge is -2.42. The number of hydrogen-bond donors (Lipinski definition) is 1. The van der Waals surface area contributed by atoms with Gasteiger partial charge in [-0.2, -0.15) is 0 Å². The Balaban J connectivity index is 1.54. The summed E-state index contributed by atoms with van der Waals surface area (Å²) in [6.45, 7) is 1.60. The van der Waals surface area contributed by atoms with Crippen molar-refractivity contribution in [2.45, 2.75) is 25.7 Å². The van der Waals surface area contributed by atoms with Crippen molar-refractivity contribution in [3.63, 3.8) is 0 Å². The molecular weight excluding hydrogens is 534 g/mol. The molecule has 0 spiro atoms. The smallest absolute Gasteiger partial charge is 0.238 e. The van der Waals surface area contributed by atoms with Crippen LogP contribution in [0, 0.1) is 17.8 Å². The van der Waals surface area contributed by atoms with Crippen LogP contribution in [0.25, 0.3) is 0 Å². The van der Waals surface area contributed by atoms with E-state index in [2.05, 4.69) is 0 Å². The number of allylic oxidation sites excluding steroid dienone is 6. The predicted molar refractivity (Wildman–Crippen MR) is 146 cm³/mol. The fourth-order valence-corrected chi connectivity index (χ4v) is 6.89. The number of rotatable bonds is 4. The minimum atomic E-state index is -0.770. The number of carbonyl (C=O) groups is 4. The quantitative estimate of drug-likeness (QED) is 0.328. The zero-order valence-electron chi connectivity index (χ0n) is 22.1. The third-order valence-electron chi connectivity index (χ3n) is 8.46. The fourth-order valence-electron chi connectivity index (χ4n) is 6.77. The summed E-state index contributed by atoms with van der Waals surface area (Å²) in [5.74, 6) is -3.34. The molecule has 2 aromatic rings. The molecule has 0 bridgehead atoms. The van der Waals surface area contributed by atoms with Crippen LogP contribution in [-0.4, -0.2) is 42.7 Å². The van der Waals surface area contributed by atoms with E-state index >= 15 is 0 Å². The van der Waals surface area contributed by atoms with E-state index in [1.54, 1.807) is 31.2 Å². The van der Waals surface area contributed by atoms with Gasteiger partial charge in [-0.3, -0.25) is 24.1 Å². The van der Waals surface area contributed by atoms with Crippen LogP contribution in [0.2, 0.25) is 5.02 Å². The highest BCUT2D eigenvalue weighted by Gasteiger charge is 2.57. The average molecular weight is 560 g/mol. The van der Waals surface area contributed by atoms with Crippen LogP contribution in [0.1, 0.15) is 31.2 Å². The van der Waals surface area contributed by atoms with E-state index in [9.17, 15) is 24.3 Å². The Morgan fingerprint density at radius 2 is 1.60 bits per heavy atom. The van der Waals surface area contributed by atoms with Crippen LogP contribution in [0.5, 0.6) is 17.2 Å². The number of imide groups is 1. The van der Waals surface area contributed by atoms with Gasteiger partial charge in [-0.1, -0.05) is 23.3 Å². The Labute approximate surface area is 235 Å². The summed E-state index contributed by atoms with van der Waals surface area (Å²) in [5.41, 5.74) is 2.64. The number of phenols is 1. The molecule has 8 nitrogen and oxygen atoms in total. The van der Waals surface area contributed by atoms with Gasteiger partial charge in [0.2, 0.25) is 11.8 Å². The Kier molecular flexibility index (Phi) is 6.18. The first-order chi connectivity index (χ1) is 19.2. The number of aromatic hydroxyl groups is 1. The lowest BCUT2D eigenvalue weighted by atomic mass is 9.59. The highest BCUT2D eigenvalue weighted by Crippen LogP contribution is 2.58. The molecule has 0 radical (unpaired) electrons. The van der Waals surface area contributed by atoms with Gasteiger partial charge in [0.1, 0.15) is 17.2 Å². The fraction of sp³-hybridized carbons (Fsp3) is 0.290. The van der Waals surface area contributed by atoms with Crippen molar-refractivity contribution in [1.29, 1.82) is 0 Å². The van der Waals surface area contributed by atoms with Crippen LogP contribution in [0.3, 0.4) is 0 Å². The number of Topliss-reactive ketones (excluding diaryl/α,β-unsaturated/α-hetero) is 1. The lowest BCUT2D eigenvalue weighted by molar-refractivity contribution is -0.123. The normalized spacial score (nSPS) is 25.8. The van der Waals surface area contributed by atoms with Gasteiger partial charge >= 0.3 is 0 Å². The van der Waals surface area contributed by atoms with Gasteiger partial charge in [-0.15, -0.1) is 0 Å². The van der Waals surface area contributed by atoms with Gasteiger partial charge in [-0.25, -0.2) is 0 Å². The molecule has 4 atom stereocenters. The molecule has 9 heteroatoms. The molecule has 1 saturated heterocycles. The molecular formula is C31H26ClNO7. The second-order valence-electron chi connectivity index (χ2n) is 10.5. The van der Waals surface area contributed by atoms with Gasteiger partial charge < -0.3 is 14.6 Å². The zero-order valence-corrected chi connectivity index (χ0v) is 22.8. The van der Waals surface area contributed by atoms with Crippen LogP contribution < -0.4 is 14.4 Å². The second-order valence-corrected chi connectivity index (χ2v) is 10.9. The SMILES string of the molecule is COc1cc(O)cc(OC)c1[C@H]1C2=CC[C@@H]3C(=O)N(c4ccc(Cl)cc4)C(=O)[C@@H]3[C@@H]2CC2=C1C(=O)C=C(C)C2=O. The Bertz CT molecular complexity index is 1570. The number of phenolic OH excluding ortho intramolecular Hbond substituents is 1. The lowest BCUT2D eigenvalue weighted by Crippen LogP contribution is -2.40. The monoisotopic (exact) mass is 559 g/mol. The summed E-state index contributed by atoms with van der Waals surface area (Å²) < 4.78 is 11.3. The van der Waals surface area contributed by atoms with E-state index in [0.29, 0.717) is 39.4 Å². The molecule has 2 aromatic carbocycles. The molecule has 0 unspecified atom stereocenters. The Hall–Kier alpha value is -4.17. The van der Waals surface area contributed by atoms with Crippen molar-refractivity contribution in [1.82, 2.24) is 0 Å². The molecule has 40 heavy (non-hydrogen) atoms. The van der Waals surface area contributed by atoms with Gasteiger partial charge in [0.25, 0.3) is 0 Å². The summed E-state index contributed by atoms with van der Waals surface area (Å²) >= 11 is 6.04. The molecule has 204 valence electrons. The van der Waals surface area contributed by atoms with Crippen molar-refractivity contribution in [2.75, 3.05) is 19.1 Å². The predicted octanol–water partition coefficient (Wildman–Crippen LogP) is 4.70. The Morgan fingerprint density at radius 3 is 2.23 bits per heavy atom. The molecule has 6 rings (SSSR count). The number of nitrogens with zero attached hydrogens (tertiary/aromatic N) is 1. The number of benzene rings is 2. The number of methoxy groups -OCH3 is 2. The van der Waals surface area contributed by atoms with E-state index in [0.717, 1.165) is 5.57 Å². The first kappa shape index (κ1) is 26.1. The van der Waals surface area contributed by atoms with E-state index in [4.69, 9.17) is 21.1 Å². The maximum Gasteiger partial charge on any atom is 0.238 e. The summed E-state index contributed by atoms with van der Waals surface area (Å²) in [6.07, 6.45) is 3.72. The number of ketones is 2. The molecule has 0 saturated carbocycles. The number of ether oxygens (including phenoxy) is 2. The number of hydrogen-bond acceptors (Lipinski definition) is 7. The van der Waals surface area contributed by atoms with E-state index in [1.165, 1.54) is 37.3 Å². The molecule has 1 fully saturated rings. The van der Waals surface area contributed by atoms with Crippen LogP contribution in [-0.2, 0) is 19.2 Å². The van der Waals surface area contributed by atoms with E-state index < -0.39 is 23.7 Å². The van der Waals surface area contributed by atoms with E-state index in [1.807, 2.05) is 6.08 Å². The molecule has 4 aliphatic rings. The third-order valence-corrected chi connectivity index (χ3v) is 8.72. The van der Waals surface area contributed by atoms with Gasteiger partial charge in [-0.05, 0) is 56.0 Å². The van der Waals surface area contributed by atoms with Crippen LogP contribution >= 0.6 is 11.6 Å². The molecule has 0 aromatic heterocycles. The van der Waals surface area contributed by atoms with E-state index in [-0.39, 0.29) is 47.1 Å². The maximum atomic E-state index is 14.0. The highest BCUT2D eigenvalue weighted by molar-refractivity contribution is 6.31. The van der Waals surface area contributed by atoms with Crippen molar-refractivity contribution in [2.24, 2.45) is 17.8 Å². The minimum absolute atomic E-state index is 0.0892. The van der Waals surface area contributed by atoms with Crippen LogP contribution in [0.4, 0.5) is 5.69 Å². The average Bonchev–Trinajstić information content (AvgIpc) is 3.20.